The van der Waals surface area contributed by atoms with Crippen molar-refractivity contribution in [2.75, 3.05) is 10.6 Å². The molecule has 1 aliphatic heterocycles. The van der Waals surface area contributed by atoms with Crippen molar-refractivity contribution in [3.05, 3.63) is 69.7 Å². The van der Waals surface area contributed by atoms with Gasteiger partial charge in [-0.1, -0.05) is 48.3 Å². The molecule has 5 heteroatoms. The number of anilines is 2. The summed E-state index contributed by atoms with van der Waals surface area (Å²) in [6.07, 6.45) is 5.97. The highest BCUT2D eigenvalue weighted by Crippen LogP contribution is 2.51. The molecule has 3 unspecified atom stereocenters. The van der Waals surface area contributed by atoms with Crippen molar-refractivity contribution in [1.29, 1.82) is 0 Å². The highest BCUT2D eigenvalue weighted by Gasteiger charge is 2.38. The lowest BCUT2D eigenvalue weighted by Crippen LogP contribution is -2.29. The smallest absolute Gasteiger partial charge is 0.224 e. The molecule has 3 nitrogen and oxygen atoms in total. The standard InChI is InChI=1S/C21H20Cl2N2O/c1-2-20(26)24-13-7-9-19-17(11-13)14-4-3-5-15(14)21(25-19)16-8-6-12(22)10-18(16)23/h3-4,6-11,14-15,21,25H,2,5H2,1H3,(H,24,26). The fourth-order valence-corrected chi connectivity index (χ4v) is 4.51. The van der Waals surface area contributed by atoms with Crippen LogP contribution < -0.4 is 10.6 Å². The number of carbonyl (C=O) groups is 1. The summed E-state index contributed by atoms with van der Waals surface area (Å²) < 4.78 is 0. The first-order chi connectivity index (χ1) is 12.6. The van der Waals surface area contributed by atoms with Gasteiger partial charge in [0.1, 0.15) is 0 Å². The van der Waals surface area contributed by atoms with Gasteiger partial charge in [-0.2, -0.15) is 0 Å². The van der Waals surface area contributed by atoms with Crippen LogP contribution in [0.2, 0.25) is 10.0 Å². The van der Waals surface area contributed by atoms with Crippen molar-refractivity contribution in [2.45, 2.75) is 31.7 Å². The lowest BCUT2D eigenvalue weighted by molar-refractivity contribution is -0.115. The van der Waals surface area contributed by atoms with Gasteiger partial charge in [0.15, 0.2) is 0 Å². The van der Waals surface area contributed by atoms with E-state index < -0.39 is 0 Å². The van der Waals surface area contributed by atoms with Crippen molar-refractivity contribution in [3.63, 3.8) is 0 Å². The first-order valence-corrected chi connectivity index (χ1v) is 9.64. The van der Waals surface area contributed by atoms with E-state index in [0.717, 1.165) is 23.4 Å². The highest BCUT2D eigenvalue weighted by molar-refractivity contribution is 6.35. The van der Waals surface area contributed by atoms with Crippen LogP contribution in [0.25, 0.3) is 0 Å². The Morgan fingerprint density at radius 2 is 2.04 bits per heavy atom. The van der Waals surface area contributed by atoms with Gasteiger partial charge in [-0.25, -0.2) is 0 Å². The summed E-state index contributed by atoms with van der Waals surface area (Å²) in [5.41, 5.74) is 4.23. The number of fused-ring (bicyclic) bond motifs is 3. The summed E-state index contributed by atoms with van der Waals surface area (Å²) in [4.78, 5) is 11.7. The zero-order valence-corrected chi connectivity index (χ0v) is 15.9. The normalized spacial score (nSPS) is 23.1. The van der Waals surface area contributed by atoms with E-state index in [9.17, 15) is 4.79 Å². The molecular formula is C21H20Cl2N2O. The van der Waals surface area contributed by atoms with Crippen LogP contribution >= 0.6 is 23.2 Å². The Morgan fingerprint density at radius 3 is 2.81 bits per heavy atom. The van der Waals surface area contributed by atoms with E-state index >= 15 is 0 Å². The van der Waals surface area contributed by atoms with Crippen molar-refractivity contribution in [3.8, 4) is 0 Å². The largest absolute Gasteiger partial charge is 0.378 e. The van der Waals surface area contributed by atoms with Crippen LogP contribution in [-0.4, -0.2) is 5.91 Å². The number of hydrogen-bond acceptors (Lipinski definition) is 2. The third-order valence-electron chi connectivity index (χ3n) is 5.27. The minimum atomic E-state index is 0.0260. The molecular weight excluding hydrogens is 367 g/mol. The number of amides is 1. The molecule has 1 amide bonds. The van der Waals surface area contributed by atoms with Gasteiger partial charge in [0.2, 0.25) is 5.91 Å². The van der Waals surface area contributed by atoms with E-state index in [2.05, 4.69) is 28.9 Å². The van der Waals surface area contributed by atoms with Crippen molar-refractivity contribution < 1.29 is 4.79 Å². The lowest BCUT2D eigenvalue weighted by atomic mass is 9.77. The lowest BCUT2D eigenvalue weighted by Gasteiger charge is -2.38. The predicted octanol–water partition coefficient (Wildman–Crippen LogP) is 6.17. The molecule has 4 rings (SSSR count). The molecule has 0 fully saturated rings. The van der Waals surface area contributed by atoms with Crippen molar-refractivity contribution in [2.24, 2.45) is 5.92 Å². The number of allylic oxidation sites excluding steroid dienone is 2. The van der Waals surface area contributed by atoms with Crippen LogP contribution in [0.15, 0.2) is 48.6 Å². The summed E-state index contributed by atoms with van der Waals surface area (Å²) in [7, 11) is 0. The van der Waals surface area contributed by atoms with E-state index in [1.165, 1.54) is 5.56 Å². The second kappa shape index (κ2) is 6.98. The fraction of sp³-hybridized carbons (Fsp3) is 0.286. The SMILES string of the molecule is CCC(=O)Nc1ccc2c(c1)C1C=CCC1C(c1ccc(Cl)cc1Cl)N2. The summed E-state index contributed by atoms with van der Waals surface area (Å²) in [6, 6.07) is 11.9. The predicted molar refractivity (Wildman–Crippen MR) is 108 cm³/mol. The Hall–Kier alpha value is -1.97. The number of nitrogens with one attached hydrogen (secondary N) is 2. The first kappa shape index (κ1) is 17.4. The van der Waals surface area contributed by atoms with Gasteiger partial charge in [-0.15, -0.1) is 0 Å². The summed E-state index contributed by atoms with van der Waals surface area (Å²) in [5.74, 6) is 0.720. The molecule has 0 bridgehead atoms. The Kier molecular flexibility index (Phi) is 4.68. The third kappa shape index (κ3) is 3.10. The topological polar surface area (TPSA) is 41.1 Å². The Balaban J connectivity index is 1.71. The third-order valence-corrected chi connectivity index (χ3v) is 5.83. The molecule has 2 aromatic carbocycles. The van der Waals surface area contributed by atoms with E-state index in [1.54, 1.807) is 6.07 Å². The number of hydrogen-bond donors (Lipinski definition) is 2. The zero-order chi connectivity index (χ0) is 18.3. The molecule has 134 valence electrons. The molecule has 0 radical (unpaired) electrons. The van der Waals surface area contributed by atoms with Gasteiger partial charge < -0.3 is 10.6 Å². The quantitative estimate of drug-likeness (QED) is 0.619. The second-order valence-corrected chi connectivity index (χ2v) is 7.69. The molecule has 26 heavy (non-hydrogen) atoms. The molecule has 0 saturated carbocycles. The van der Waals surface area contributed by atoms with Gasteiger partial charge in [0.25, 0.3) is 0 Å². The Bertz CT molecular complexity index is 894. The summed E-state index contributed by atoms with van der Waals surface area (Å²) in [5, 5.41) is 7.95. The molecule has 0 aromatic heterocycles. The van der Waals surface area contributed by atoms with E-state index in [-0.39, 0.29) is 11.9 Å². The van der Waals surface area contributed by atoms with Crippen LogP contribution in [-0.2, 0) is 4.79 Å². The maximum absolute atomic E-state index is 11.7. The van der Waals surface area contributed by atoms with Gasteiger partial charge in [0.05, 0.1) is 6.04 Å². The first-order valence-electron chi connectivity index (χ1n) is 8.88. The van der Waals surface area contributed by atoms with Gasteiger partial charge in [-0.3, -0.25) is 4.79 Å². The van der Waals surface area contributed by atoms with Gasteiger partial charge in [-0.05, 0) is 53.8 Å². The van der Waals surface area contributed by atoms with Crippen molar-refractivity contribution in [1.82, 2.24) is 0 Å². The number of carbonyl (C=O) groups excluding carboxylic acids is 1. The minimum Gasteiger partial charge on any atom is -0.378 e. The van der Waals surface area contributed by atoms with E-state index in [1.807, 2.05) is 31.2 Å². The van der Waals surface area contributed by atoms with Gasteiger partial charge in [0, 0.05) is 33.8 Å². The molecule has 2 aromatic rings. The molecule has 0 saturated heterocycles. The second-order valence-electron chi connectivity index (χ2n) is 6.85. The van der Waals surface area contributed by atoms with Crippen LogP contribution in [0.3, 0.4) is 0 Å². The molecule has 3 atom stereocenters. The van der Waals surface area contributed by atoms with Crippen LogP contribution in [0.1, 0.15) is 42.9 Å². The average Bonchev–Trinajstić information content (AvgIpc) is 3.11. The Morgan fingerprint density at radius 1 is 1.19 bits per heavy atom. The maximum Gasteiger partial charge on any atom is 0.224 e. The molecule has 0 spiro atoms. The van der Waals surface area contributed by atoms with E-state index in [4.69, 9.17) is 23.2 Å². The van der Waals surface area contributed by atoms with Crippen LogP contribution in [0.4, 0.5) is 11.4 Å². The summed E-state index contributed by atoms with van der Waals surface area (Å²) in [6.45, 7) is 1.85. The number of benzene rings is 2. The minimum absolute atomic E-state index is 0.0260. The molecule has 1 aliphatic carbocycles. The highest BCUT2D eigenvalue weighted by atomic mass is 35.5. The van der Waals surface area contributed by atoms with Gasteiger partial charge >= 0.3 is 0 Å². The van der Waals surface area contributed by atoms with E-state index in [0.29, 0.717) is 28.3 Å². The average molecular weight is 387 g/mol. The van der Waals surface area contributed by atoms with Crippen LogP contribution in [0.5, 0.6) is 0 Å². The number of halogens is 2. The number of rotatable bonds is 3. The molecule has 2 aliphatic rings. The molecule has 2 N–H and O–H groups in total. The maximum atomic E-state index is 11.7. The summed E-state index contributed by atoms with van der Waals surface area (Å²) >= 11 is 12.6. The monoisotopic (exact) mass is 386 g/mol. The van der Waals surface area contributed by atoms with Crippen molar-refractivity contribution >= 4 is 40.5 Å². The molecule has 1 heterocycles. The van der Waals surface area contributed by atoms with Crippen LogP contribution in [0, 0.1) is 5.92 Å². The Labute approximate surface area is 163 Å². The zero-order valence-electron chi connectivity index (χ0n) is 14.4. The fourth-order valence-electron chi connectivity index (χ4n) is 3.98.